The summed E-state index contributed by atoms with van der Waals surface area (Å²) in [5, 5.41) is 44.4. The summed E-state index contributed by atoms with van der Waals surface area (Å²) in [6.07, 6.45) is 1.52. The first-order chi connectivity index (χ1) is 21.1. The molecule has 1 aromatic heterocycles. The van der Waals surface area contributed by atoms with Crippen molar-refractivity contribution in [1.29, 1.82) is 5.26 Å². The SMILES string of the molecule is COc1cc(/C=c2\sc3n(c2=O)C(N)=C(C#N)C(c2ccc(O)c(OC)c2)C=3C(=O)Nc2cccc([N+](=O)[O-])c2)ccc1O. The molecule has 44 heavy (non-hydrogen) atoms. The van der Waals surface area contributed by atoms with E-state index in [9.17, 15) is 35.2 Å². The molecule has 0 spiro atoms. The number of rotatable bonds is 7. The van der Waals surface area contributed by atoms with Gasteiger partial charge in [0.25, 0.3) is 17.2 Å². The number of phenols is 2. The van der Waals surface area contributed by atoms with E-state index in [0.29, 0.717) is 11.1 Å². The number of nitrogens with zero attached hydrogens (tertiary/aromatic N) is 3. The minimum Gasteiger partial charge on any atom is -0.504 e. The summed E-state index contributed by atoms with van der Waals surface area (Å²) in [5.74, 6) is -2.10. The lowest BCUT2D eigenvalue weighted by Crippen LogP contribution is -2.40. The third-order valence-electron chi connectivity index (χ3n) is 6.87. The number of nitro benzene ring substituents is 1. The topological polar surface area (TPSA) is 203 Å². The number of thiazole rings is 1. The third-order valence-corrected chi connectivity index (χ3v) is 7.98. The Balaban J connectivity index is 1.81. The number of hydrogen-bond donors (Lipinski definition) is 4. The van der Waals surface area contributed by atoms with E-state index >= 15 is 0 Å². The first-order valence-corrected chi connectivity index (χ1v) is 13.6. The molecule has 222 valence electrons. The number of aromatic nitrogens is 1. The molecule has 13 nitrogen and oxygen atoms in total. The van der Waals surface area contributed by atoms with Crippen molar-refractivity contribution in [3.05, 3.63) is 107 Å². The fourth-order valence-electron chi connectivity index (χ4n) is 4.81. The monoisotopic (exact) mass is 613 g/mol. The quantitative estimate of drug-likeness (QED) is 0.177. The lowest BCUT2D eigenvalue weighted by atomic mass is 9.83. The van der Waals surface area contributed by atoms with Gasteiger partial charge in [-0.2, -0.15) is 5.26 Å². The first-order valence-electron chi connectivity index (χ1n) is 12.8. The van der Waals surface area contributed by atoms with Gasteiger partial charge < -0.3 is 30.7 Å². The number of phenolic OH excluding ortho intramolecular Hbond substituents is 2. The Bertz CT molecular complexity index is 2110. The number of fused-ring (bicyclic) bond motifs is 1. The summed E-state index contributed by atoms with van der Waals surface area (Å²) in [5.41, 5.74) is 6.36. The summed E-state index contributed by atoms with van der Waals surface area (Å²) in [7, 11) is 2.72. The molecule has 1 atom stereocenters. The molecule has 0 fully saturated rings. The second-order valence-corrected chi connectivity index (χ2v) is 10.5. The van der Waals surface area contributed by atoms with Gasteiger partial charge in [0.2, 0.25) is 0 Å². The fraction of sp³-hybridized carbons (Fsp3) is 0.100. The Morgan fingerprint density at radius 3 is 2.45 bits per heavy atom. The van der Waals surface area contributed by atoms with Gasteiger partial charge in [0.05, 0.1) is 46.8 Å². The van der Waals surface area contributed by atoms with Crippen molar-refractivity contribution in [2.24, 2.45) is 5.73 Å². The number of aromatic hydroxyl groups is 2. The van der Waals surface area contributed by atoms with Crippen LogP contribution in [0.5, 0.6) is 23.0 Å². The molecular weight excluding hydrogens is 590 g/mol. The second kappa shape index (κ2) is 11.7. The van der Waals surface area contributed by atoms with Crippen LogP contribution in [0.4, 0.5) is 11.4 Å². The smallest absolute Gasteiger partial charge is 0.274 e. The van der Waals surface area contributed by atoms with Crippen LogP contribution in [0.3, 0.4) is 0 Å². The Kier molecular flexibility index (Phi) is 7.80. The molecule has 0 bridgehead atoms. The second-order valence-electron chi connectivity index (χ2n) is 9.44. The number of carbonyl (C=O) groups is 1. The molecule has 0 saturated heterocycles. The first kappa shape index (κ1) is 29.4. The highest BCUT2D eigenvalue weighted by Gasteiger charge is 2.36. The number of hydrogen-bond acceptors (Lipinski definition) is 11. The van der Waals surface area contributed by atoms with Gasteiger partial charge in [-0.1, -0.05) is 18.2 Å². The number of nitrogens with two attached hydrogens (primary N) is 1. The van der Waals surface area contributed by atoms with Crippen LogP contribution in [-0.4, -0.2) is 39.8 Å². The number of benzene rings is 3. The van der Waals surface area contributed by atoms with Gasteiger partial charge >= 0.3 is 0 Å². The van der Waals surface area contributed by atoms with Crippen LogP contribution in [0.25, 0.3) is 17.5 Å². The number of non-ortho nitro benzene ring substituents is 1. The number of amides is 1. The van der Waals surface area contributed by atoms with Crippen molar-refractivity contribution in [2.45, 2.75) is 5.92 Å². The van der Waals surface area contributed by atoms with Crippen LogP contribution >= 0.6 is 11.3 Å². The predicted octanol–water partition coefficient (Wildman–Crippen LogP) is 2.31. The van der Waals surface area contributed by atoms with E-state index < -0.39 is 22.3 Å². The van der Waals surface area contributed by atoms with Crippen LogP contribution in [0.15, 0.2) is 71.0 Å². The molecular formula is C30H23N5O8S. The van der Waals surface area contributed by atoms with Gasteiger partial charge in [0.15, 0.2) is 23.0 Å². The summed E-state index contributed by atoms with van der Waals surface area (Å²) < 4.78 is 11.7. The standard InChI is InChI=1S/C30H23N5O8S/c1-42-22-10-15(6-8-20(22)36)11-24-29(39)34-27(32)19(14-31)25(16-7-9-21(37)23(12-16)43-2)26(30(34)44-24)28(38)33-17-4-3-5-18(13-17)35(40)41/h3-13,25,36-37H,32H2,1-2H3,(H,33,38)/b24-11-. The number of nitro groups is 1. The van der Waals surface area contributed by atoms with Gasteiger partial charge in [0, 0.05) is 17.8 Å². The van der Waals surface area contributed by atoms with Gasteiger partial charge in [-0.15, -0.1) is 11.3 Å². The minimum absolute atomic E-state index is 0.0416. The molecule has 4 aromatic rings. The summed E-state index contributed by atoms with van der Waals surface area (Å²) in [6.45, 7) is 0. The molecule has 0 aliphatic carbocycles. The fourth-order valence-corrected chi connectivity index (χ4v) is 5.98. The van der Waals surface area contributed by atoms with Gasteiger partial charge in [0.1, 0.15) is 10.5 Å². The highest BCUT2D eigenvalue weighted by Crippen LogP contribution is 2.40. The molecule has 0 radical (unpaired) electrons. The van der Waals surface area contributed by atoms with Crippen LogP contribution in [0.2, 0.25) is 0 Å². The number of nitrogens with one attached hydrogen (secondary N) is 1. The zero-order valence-corrected chi connectivity index (χ0v) is 23.9. The molecule has 3 aromatic carbocycles. The van der Waals surface area contributed by atoms with E-state index in [1.807, 2.05) is 6.07 Å². The highest BCUT2D eigenvalue weighted by atomic mass is 32.1. The maximum Gasteiger partial charge on any atom is 0.274 e. The Labute approximate surface area is 252 Å². The Hall–Kier alpha value is -6.07. The number of nitriles is 1. The molecule has 0 saturated carbocycles. The van der Waals surface area contributed by atoms with E-state index in [-0.39, 0.29) is 60.5 Å². The number of allylic oxidation sites excluding steroid dienone is 1. The maximum absolute atomic E-state index is 14.0. The van der Waals surface area contributed by atoms with E-state index in [2.05, 4.69) is 5.32 Å². The third kappa shape index (κ3) is 5.19. The van der Waals surface area contributed by atoms with Crippen molar-refractivity contribution in [3.63, 3.8) is 0 Å². The average molecular weight is 614 g/mol. The number of carbonyl (C=O) groups excluding carboxylic acids is 1. The van der Waals surface area contributed by atoms with Crippen molar-refractivity contribution >= 4 is 46.1 Å². The highest BCUT2D eigenvalue weighted by molar-refractivity contribution is 7.07. The van der Waals surface area contributed by atoms with Crippen LogP contribution in [0.1, 0.15) is 17.0 Å². The van der Waals surface area contributed by atoms with Crippen molar-refractivity contribution < 1.29 is 29.4 Å². The van der Waals surface area contributed by atoms with Gasteiger partial charge in [-0.05, 0) is 47.5 Å². The van der Waals surface area contributed by atoms with Gasteiger partial charge in [-0.25, -0.2) is 0 Å². The minimum atomic E-state index is -1.12. The molecule has 2 heterocycles. The Morgan fingerprint density at radius 1 is 1.11 bits per heavy atom. The van der Waals surface area contributed by atoms with Crippen LogP contribution in [0, 0.1) is 21.4 Å². The summed E-state index contributed by atoms with van der Waals surface area (Å²) in [4.78, 5) is 38.5. The molecule has 5 rings (SSSR count). The number of methoxy groups -OCH3 is 2. The maximum atomic E-state index is 14.0. The number of anilines is 1. The largest absolute Gasteiger partial charge is 0.504 e. The molecule has 1 unspecified atom stereocenters. The lowest BCUT2D eigenvalue weighted by molar-refractivity contribution is -0.384. The molecule has 1 aliphatic heterocycles. The normalized spacial score (nSPS) is 14.5. The van der Waals surface area contributed by atoms with Crippen molar-refractivity contribution in [3.8, 4) is 29.1 Å². The zero-order valence-electron chi connectivity index (χ0n) is 23.1. The average Bonchev–Trinajstić information content (AvgIpc) is 3.33. The van der Waals surface area contributed by atoms with Crippen molar-refractivity contribution in [2.75, 3.05) is 19.5 Å². The van der Waals surface area contributed by atoms with Crippen LogP contribution in [-0.2, 0) is 4.79 Å². The van der Waals surface area contributed by atoms with Crippen molar-refractivity contribution in [1.82, 2.24) is 4.57 Å². The Morgan fingerprint density at radius 2 is 1.80 bits per heavy atom. The van der Waals surface area contributed by atoms with E-state index in [4.69, 9.17) is 15.2 Å². The van der Waals surface area contributed by atoms with Crippen LogP contribution < -0.4 is 35.3 Å². The zero-order chi connectivity index (χ0) is 31.7. The van der Waals surface area contributed by atoms with E-state index in [0.717, 1.165) is 15.9 Å². The molecule has 1 aliphatic rings. The van der Waals surface area contributed by atoms with E-state index in [1.54, 1.807) is 6.07 Å². The van der Waals surface area contributed by atoms with E-state index in [1.165, 1.54) is 74.9 Å². The predicted molar refractivity (Wildman–Crippen MR) is 162 cm³/mol. The summed E-state index contributed by atoms with van der Waals surface area (Å²) in [6, 6.07) is 16.1. The molecule has 1 amide bonds. The lowest BCUT2D eigenvalue weighted by Gasteiger charge is -2.25. The molecule has 5 N–H and O–H groups in total. The molecule has 14 heteroatoms. The summed E-state index contributed by atoms with van der Waals surface area (Å²) >= 11 is 0.939. The van der Waals surface area contributed by atoms with Gasteiger partial charge in [-0.3, -0.25) is 24.3 Å². The number of ether oxygens (including phenoxy) is 2.